The highest BCUT2D eigenvalue weighted by Crippen LogP contribution is 2.51. The van der Waals surface area contributed by atoms with E-state index in [0.717, 1.165) is 39.7 Å². The molecule has 0 saturated heterocycles. The number of nitrogens with one attached hydrogen (secondary N) is 1. The molecule has 0 aromatic heterocycles. The van der Waals surface area contributed by atoms with Crippen molar-refractivity contribution in [1.82, 2.24) is 5.32 Å². The van der Waals surface area contributed by atoms with E-state index >= 15 is 0 Å². The lowest BCUT2D eigenvalue weighted by atomic mass is 9.79. The summed E-state index contributed by atoms with van der Waals surface area (Å²) in [6.07, 6.45) is 1.34. The Balaban J connectivity index is 1.61. The second kappa shape index (κ2) is 8.45. The van der Waals surface area contributed by atoms with E-state index in [2.05, 4.69) is 41.7 Å². The second-order valence-corrected chi connectivity index (χ2v) is 8.22. The average Bonchev–Trinajstić information content (AvgIpc) is 3.15. The summed E-state index contributed by atoms with van der Waals surface area (Å²) < 4.78 is 0. The third kappa shape index (κ3) is 3.52. The van der Waals surface area contributed by atoms with Crippen LogP contribution in [0.4, 0.5) is 5.69 Å². The molecule has 1 aliphatic rings. The van der Waals surface area contributed by atoms with Gasteiger partial charge in [0, 0.05) is 12.1 Å². The molecule has 4 aromatic rings. The molecular formula is C28H22N2O3. The van der Waals surface area contributed by atoms with Crippen molar-refractivity contribution in [3.63, 3.8) is 0 Å². The number of nitrogens with zero attached hydrogens (tertiary/aromatic N) is 1. The number of hydrogen-bond acceptors (Lipinski definition) is 4. The fourth-order valence-corrected chi connectivity index (χ4v) is 4.89. The summed E-state index contributed by atoms with van der Waals surface area (Å²) in [5, 5.41) is 14.7. The van der Waals surface area contributed by atoms with Crippen LogP contribution < -0.4 is 5.32 Å². The molecule has 0 saturated carbocycles. The van der Waals surface area contributed by atoms with Crippen LogP contribution in [0.15, 0.2) is 103 Å². The van der Waals surface area contributed by atoms with Crippen molar-refractivity contribution in [2.45, 2.75) is 18.0 Å². The molecule has 5 nitrogen and oxygen atoms in total. The third-order valence-electron chi connectivity index (χ3n) is 6.33. The predicted octanol–water partition coefficient (Wildman–Crippen LogP) is 5.27. The number of non-ortho nitro benzene ring substituents is 1. The van der Waals surface area contributed by atoms with Gasteiger partial charge in [-0.15, -0.1) is 0 Å². The van der Waals surface area contributed by atoms with Crippen molar-refractivity contribution in [3.8, 4) is 11.1 Å². The first kappa shape index (κ1) is 20.8. The molecule has 0 aliphatic heterocycles. The summed E-state index contributed by atoms with van der Waals surface area (Å²) in [4.78, 5) is 22.9. The molecular weight excluding hydrogens is 412 g/mol. The van der Waals surface area contributed by atoms with Crippen LogP contribution in [0.1, 0.15) is 22.3 Å². The highest BCUT2D eigenvalue weighted by Gasteiger charge is 2.45. The summed E-state index contributed by atoms with van der Waals surface area (Å²) >= 11 is 0. The van der Waals surface area contributed by atoms with Gasteiger partial charge in [0.2, 0.25) is 0 Å². The summed E-state index contributed by atoms with van der Waals surface area (Å²) in [5.41, 5.74) is 5.75. The zero-order valence-electron chi connectivity index (χ0n) is 17.8. The van der Waals surface area contributed by atoms with E-state index in [1.807, 2.05) is 42.5 Å². The Kier molecular flexibility index (Phi) is 5.32. The Morgan fingerprint density at radius 1 is 0.788 bits per heavy atom. The van der Waals surface area contributed by atoms with Gasteiger partial charge in [-0.05, 0) is 39.8 Å². The number of aldehydes is 1. The Hall–Kier alpha value is -4.09. The molecule has 0 amide bonds. The smallest absolute Gasteiger partial charge is 0.269 e. The van der Waals surface area contributed by atoms with Crippen molar-refractivity contribution >= 4 is 12.0 Å². The standard InChI is InChI=1S/C28H22N2O3/c31-19-22(18-20-14-16-23(17-15-20)30(32)33)29-28(21-8-2-1-3-9-21)26-12-6-4-10-24(26)25-11-5-7-13-27(25)28/h1-17,19,22,29H,18H2/t22-/m0/s1. The molecule has 1 N–H and O–H groups in total. The lowest BCUT2D eigenvalue weighted by Crippen LogP contribution is -2.50. The van der Waals surface area contributed by atoms with Crippen molar-refractivity contribution in [2.75, 3.05) is 0 Å². The van der Waals surface area contributed by atoms with Gasteiger partial charge in [-0.1, -0.05) is 91.0 Å². The van der Waals surface area contributed by atoms with Gasteiger partial charge in [-0.2, -0.15) is 0 Å². The van der Waals surface area contributed by atoms with Crippen LogP contribution >= 0.6 is 0 Å². The Labute approximate surface area is 191 Å². The minimum atomic E-state index is -0.694. The molecule has 4 aromatic carbocycles. The number of carbonyl (C=O) groups excluding carboxylic acids is 1. The molecule has 33 heavy (non-hydrogen) atoms. The normalized spacial score (nSPS) is 14.2. The van der Waals surface area contributed by atoms with Gasteiger partial charge < -0.3 is 4.79 Å². The first-order valence-corrected chi connectivity index (χ1v) is 10.8. The number of nitro benzene ring substituents is 1. The predicted molar refractivity (Wildman–Crippen MR) is 128 cm³/mol. The van der Waals surface area contributed by atoms with Crippen LogP contribution in [0.25, 0.3) is 11.1 Å². The first-order valence-electron chi connectivity index (χ1n) is 10.8. The van der Waals surface area contributed by atoms with Gasteiger partial charge in [0.15, 0.2) is 0 Å². The molecule has 5 heteroatoms. The van der Waals surface area contributed by atoms with Gasteiger partial charge in [0.1, 0.15) is 6.29 Å². The van der Waals surface area contributed by atoms with Gasteiger partial charge in [-0.3, -0.25) is 15.4 Å². The molecule has 0 bridgehead atoms. The van der Waals surface area contributed by atoms with E-state index in [4.69, 9.17) is 0 Å². The van der Waals surface area contributed by atoms with E-state index in [-0.39, 0.29) is 5.69 Å². The van der Waals surface area contributed by atoms with Crippen molar-refractivity contribution < 1.29 is 9.72 Å². The Morgan fingerprint density at radius 3 is 1.88 bits per heavy atom. The fraction of sp³-hybridized carbons (Fsp3) is 0.107. The first-order chi connectivity index (χ1) is 16.1. The molecule has 0 unspecified atom stereocenters. The van der Waals surface area contributed by atoms with Crippen LogP contribution in [0.2, 0.25) is 0 Å². The highest BCUT2D eigenvalue weighted by atomic mass is 16.6. The van der Waals surface area contributed by atoms with Crippen LogP contribution in [-0.2, 0) is 16.8 Å². The summed E-state index contributed by atoms with van der Waals surface area (Å²) in [7, 11) is 0. The average molecular weight is 434 g/mol. The van der Waals surface area contributed by atoms with Crippen LogP contribution in [-0.4, -0.2) is 17.3 Å². The molecule has 0 spiro atoms. The molecule has 1 aliphatic carbocycles. The lowest BCUT2D eigenvalue weighted by Gasteiger charge is -2.36. The number of carbonyl (C=O) groups is 1. The zero-order chi connectivity index (χ0) is 22.8. The minimum absolute atomic E-state index is 0.0359. The third-order valence-corrected chi connectivity index (χ3v) is 6.33. The van der Waals surface area contributed by atoms with E-state index < -0.39 is 16.5 Å². The molecule has 162 valence electrons. The molecule has 1 atom stereocenters. The number of nitro groups is 1. The van der Waals surface area contributed by atoms with Crippen molar-refractivity contribution in [2.24, 2.45) is 0 Å². The molecule has 0 fully saturated rings. The quantitative estimate of drug-likeness (QED) is 0.244. The molecule has 5 rings (SSSR count). The van der Waals surface area contributed by atoms with Gasteiger partial charge in [0.25, 0.3) is 5.69 Å². The van der Waals surface area contributed by atoms with E-state index in [1.165, 1.54) is 12.1 Å². The minimum Gasteiger partial charge on any atom is -0.302 e. The summed E-state index contributed by atoms with van der Waals surface area (Å²) in [6, 6.07) is 32.6. The zero-order valence-corrected chi connectivity index (χ0v) is 17.8. The van der Waals surface area contributed by atoms with Gasteiger partial charge in [-0.25, -0.2) is 0 Å². The molecule has 0 radical (unpaired) electrons. The maximum absolute atomic E-state index is 12.3. The number of fused-ring (bicyclic) bond motifs is 3. The number of rotatable bonds is 7. The fourth-order valence-electron chi connectivity index (χ4n) is 4.89. The van der Waals surface area contributed by atoms with Crippen molar-refractivity contribution in [1.29, 1.82) is 0 Å². The van der Waals surface area contributed by atoms with Gasteiger partial charge >= 0.3 is 0 Å². The Bertz CT molecular complexity index is 1270. The van der Waals surface area contributed by atoms with E-state index in [0.29, 0.717) is 6.42 Å². The number of hydrogen-bond donors (Lipinski definition) is 1. The molecule has 0 heterocycles. The second-order valence-electron chi connectivity index (χ2n) is 8.22. The monoisotopic (exact) mass is 434 g/mol. The maximum Gasteiger partial charge on any atom is 0.269 e. The Morgan fingerprint density at radius 2 is 1.33 bits per heavy atom. The number of benzene rings is 4. The largest absolute Gasteiger partial charge is 0.302 e. The van der Waals surface area contributed by atoms with Gasteiger partial charge in [0.05, 0.1) is 16.5 Å². The van der Waals surface area contributed by atoms with Crippen molar-refractivity contribution in [3.05, 3.63) is 135 Å². The van der Waals surface area contributed by atoms with E-state index in [1.54, 1.807) is 12.1 Å². The van der Waals surface area contributed by atoms with Crippen LogP contribution in [0, 0.1) is 10.1 Å². The summed E-state index contributed by atoms with van der Waals surface area (Å²) in [5.74, 6) is 0. The van der Waals surface area contributed by atoms with Crippen LogP contribution in [0.5, 0.6) is 0 Å². The lowest BCUT2D eigenvalue weighted by molar-refractivity contribution is -0.384. The SMILES string of the molecule is O=C[C@H](Cc1ccc([N+](=O)[O-])cc1)NC1(c2ccccc2)c2ccccc2-c2ccccc21. The van der Waals surface area contributed by atoms with Crippen LogP contribution in [0.3, 0.4) is 0 Å². The maximum atomic E-state index is 12.3. The summed E-state index contributed by atoms with van der Waals surface area (Å²) in [6.45, 7) is 0. The highest BCUT2D eigenvalue weighted by molar-refractivity contribution is 5.83. The van der Waals surface area contributed by atoms with E-state index in [9.17, 15) is 14.9 Å². The topological polar surface area (TPSA) is 72.2 Å².